The Balaban J connectivity index is 2.07. The van der Waals surface area contributed by atoms with Crippen LogP contribution in [0.15, 0.2) is 23.2 Å². The van der Waals surface area contributed by atoms with Gasteiger partial charge in [-0.1, -0.05) is 6.07 Å². The molecule has 186 valence electrons. The zero-order valence-corrected chi connectivity index (χ0v) is 19.0. The Morgan fingerprint density at radius 1 is 1.24 bits per heavy atom. The highest BCUT2D eigenvalue weighted by Gasteiger charge is 2.30. The van der Waals surface area contributed by atoms with E-state index in [9.17, 15) is 29.4 Å². The molecule has 0 saturated heterocycles. The normalized spacial score (nSPS) is 16.7. The number of nitrogens with one attached hydrogen (secondary N) is 2. The molecule has 3 atom stereocenters. The van der Waals surface area contributed by atoms with Gasteiger partial charge in [-0.2, -0.15) is 0 Å². The summed E-state index contributed by atoms with van der Waals surface area (Å²) in [7, 11) is 0. The Morgan fingerprint density at radius 2 is 1.91 bits per heavy atom. The van der Waals surface area contributed by atoms with Gasteiger partial charge in [0, 0.05) is 6.42 Å². The van der Waals surface area contributed by atoms with Crippen LogP contribution in [0, 0.1) is 0 Å². The SMILES string of the molecule is CC(C)(C)OC(=O)N[C@@H](Cc1ccc2c(c1)NC(=O)C(CCC(N=C(N)N)C(=O)O)O2)C(=O)O. The minimum atomic E-state index is -1.26. The first-order chi connectivity index (χ1) is 15.7. The Hall–Kier alpha value is -4.03. The number of guanidine groups is 1. The van der Waals surface area contributed by atoms with E-state index in [-0.39, 0.29) is 25.2 Å². The van der Waals surface area contributed by atoms with Gasteiger partial charge in [-0.05, 0) is 51.3 Å². The number of hydrogen-bond acceptors (Lipinski definition) is 7. The van der Waals surface area contributed by atoms with Gasteiger partial charge in [0.1, 0.15) is 17.4 Å². The average molecular weight is 479 g/mol. The molecule has 13 heteroatoms. The van der Waals surface area contributed by atoms with Gasteiger partial charge < -0.3 is 41.8 Å². The van der Waals surface area contributed by atoms with Crippen LogP contribution in [-0.2, 0) is 25.5 Å². The molecule has 0 fully saturated rings. The number of amides is 2. The van der Waals surface area contributed by atoms with Crippen LogP contribution in [0.25, 0.3) is 0 Å². The molecular formula is C21H29N5O8. The third kappa shape index (κ3) is 7.83. The number of carboxylic acid groups (broad SMARTS) is 2. The zero-order valence-electron chi connectivity index (χ0n) is 19.0. The minimum absolute atomic E-state index is 0.0324. The molecule has 2 rings (SSSR count). The summed E-state index contributed by atoms with van der Waals surface area (Å²) in [5, 5.41) is 23.6. The van der Waals surface area contributed by atoms with Crippen molar-refractivity contribution >= 4 is 35.6 Å². The first kappa shape index (κ1) is 26.2. The van der Waals surface area contributed by atoms with Gasteiger partial charge in [-0.15, -0.1) is 0 Å². The van der Waals surface area contributed by atoms with Gasteiger partial charge >= 0.3 is 18.0 Å². The number of nitrogens with zero attached hydrogens (tertiary/aromatic N) is 1. The maximum absolute atomic E-state index is 12.4. The number of aliphatic carboxylic acids is 2. The molecule has 0 aromatic heterocycles. The van der Waals surface area contributed by atoms with Crippen molar-refractivity contribution in [2.75, 3.05) is 5.32 Å². The first-order valence-electron chi connectivity index (χ1n) is 10.4. The van der Waals surface area contributed by atoms with Crippen LogP contribution in [0.5, 0.6) is 5.75 Å². The summed E-state index contributed by atoms with van der Waals surface area (Å²) in [5.41, 5.74) is 10.5. The highest BCUT2D eigenvalue weighted by atomic mass is 16.6. The summed E-state index contributed by atoms with van der Waals surface area (Å²) >= 11 is 0. The molecule has 0 spiro atoms. The lowest BCUT2D eigenvalue weighted by Crippen LogP contribution is -2.44. The van der Waals surface area contributed by atoms with Gasteiger partial charge in [-0.3, -0.25) is 4.79 Å². The number of carbonyl (C=O) groups is 4. The van der Waals surface area contributed by atoms with Gasteiger partial charge in [0.05, 0.1) is 5.69 Å². The number of anilines is 1. The van der Waals surface area contributed by atoms with Gasteiger partial charge in [-0.25, -0.2) is 19.4 Å². The smallest absolute Gasteiger partial charge is 0.408 e. The van der Waals surface area contributed by atoms with E-state index >= 15 is 0 Å². The minimum Gasteiger partial charge on any atom is -0.480 e. The largest absolute Gasteiger partial charge is 0.480 e. The Bertz CT molecular complexity index is 984. The predicted octanol–water partition coefficient (Wildman–Crippen LogP) is 0.413. The quantitative estimate of drug-likeness (QED) is 0.212. The number of fused-ring (bicyclic) bond motifs is 1. The summed E-state index contributed by atoms with van der Waals surface area (Å²) in [6.45, 7) is 4.97. The molecule has 1 aromatic rings. The van der Waals surface area contributed by atoms with Crippen molar-refractivity contribution in [2.24, 2.45) is 16.5 Å². The van der Waals surface area contributed by atoms with E-state index in [1.54, 1.807) is 32.9 Å². The molecule has 1 aliphatic rings. The lowest BCUT2D eigenvalue weighted by atomic mass is 10.0. The number of aliphatic imine (C=N–C) groups is 1. The third-order valence-electron chi connectivity index (χ3n) is 4.58. The second-order valence-electron chi connectivity index (χ2n) is 8.65. The van der Waals surface area contributed by atoms with Crippen LogP contribution in [0.4, 0.5) is 10.5 Å². The van der Waals surface area contributed by atoms with E-state index in [0.717, 1.165) is 0 Å². The van der Waals surface area contributed by atoms with E-state index in [2.05, 4.69) is 15.6 Å². The van der Waals surface area contributed by atoms with Crippen LogP contribution >= 0.6 is 0 Å². The second kappa shape index (κ2) is 10.7. The predicted molar refractivity (Wildman–Crippen MR) is 120 cm³/mol. The monoisotopic (exact) mass is 479 g/mol. The van der Waals surface area contributed by atoms with E-state index in [4.69, 9.17) is 20.9 Å². The summed E-state index contributed by atoms with van der Waals surface area (Å²) in [5.74, 6) is -3.03. The molecule has 0 saturated carbocycles. The van der Waals surface area contributed by atoms with Crippen molar-refractivity contribution in [2.45, 2.75) is 63.8 Å². The number of carbonyl (C=O) groups excluding carboxylic acids is 2. The molecule has 1 aliphatic heterocycles. The van der Waals surface area contributed by atoms with Crippen LogP contribution in [0.3, 0.4) is 0 Å². The fourth-order valence-corrected chi connectivity index (χ4v) is 3.13. The number of benzene rings is 1. The van der Waals surface area contributed by atoms with E-state index in [1.165, 1.54) is 6.07 Å². The lowest BCUT2D eigenvalue weighted by molar-refractivity contribution is -0.140. The Labute approximate surface area is 195 Å². The van der Waals surface area contributed by atoms with Gasteiger partial charge in [0.15, 0.2) is 18.1 Å². The van der Waals surface area contributed by atoms with Crippen molar-refractivity contribution in [3.63, 3.8) is 0 Å². The standard InChI is InChI=1S/C21H29N5O8/c1-21(2,3)34-20(32)26-13(18(30)31)9-10-4-6-14-12(8-10)24-16(27)15(33-14)7-5-11(17(28)29)25-19(22)23/h4,6,8,11,13,15H,5,7,9H2,1-3H3,(H,24,27)(H,26,32)(H,28,29)(H,30,31)(H4,22,23,25)/t11?,13-,15?/m0/s1. The third-order valence-corrected chi connectivity index (χ3v) is 4.58. The van der Waals surface area contributed by atoms with Crippen LogP contribution in [-0.4, -0.2) is 63.9 Å². The maximum atomic E-state index is 12.4. The van der Waals surface area contributed by atoms with Crippen molar-refractivity contribution in [3.05, 3.63) is 23.8 Å². The molecule has 2 unspecified atom stereocenters. The molecule has 1 heterocycles. The number of rotatable bonds is 9. The number of carboxylic acids is 2. The summed E-state index contributed by atoms with van der Waals surface area (Å²) in [6, 6.07) is 2.21. The topological polar surface area (TPSA) is 216 Å². The van der Waals surface area contributed by atoms with Crippen LogP contribution < -0.4 is 26.8 Å². The number of ether oxygens (including phenoxy) is 2. The number of hydrogen-bond donors (Lipinski definition) is 6. The molecule has 34 heavy (non-hydrogen) atoms. The number of alkyl carbamates (subject to hydrolysis) is 1. The highest BCUT2D eigenvalue weighted by molar-refractivity contribution is 5.98. The van der Waals surface area contributed by atoms with E-state index in [0.29, 0.717) is 17.0 Å². The van der Waals surface area contributed by atoms with Crippen molar-refractivity contribution in [3.8, 4) is 5.75 Å². The lowest BCUT2D eigenvalue weighted by Gasteiger charge is -2.27. The van der Waals surface area contributed by atoms with E-state index < -0.39 is 47.7 Å². The highest BCUT2D eigenvalue weighted by Crippen LogP contribution is 2.32. The molecular weight excluding hydrogens is 450 g/mol. The fraction of sp³-hybridized carbons (Fsp3) is 0.476. The summed E-state index contributed by atoms with van der Waals surface area (Å²) < 4.78 is 10.8. The second-order valence-corrected chi connectivity index (χ2v) is 8.65. The fourth-order valence-electron chi connectivity index (χ4n) is 3.13. The zero-order chi connectivity index (χ0) is 25.6. The van der Waals surface area contributed by atoms with Gasteiger partial charge in [0.2, 0.25) is 0 Å². The summed E-state index contributed by atoms with van der Waals surface area (Å²) in [4.78, 5) is 50.9. The Morgan fingerprint density at radius 3 is 2.47 bits per heavy atom. The van der Waals surface area contributed by atoms with Gasteiger partial charge in [0.25, 0.3) is 5.91 Å². The number of nitrogens with two attached hydrogens (primary N) is 2. The molecule has 0 aliphatic carbocycles. The average Bonchev–Trinajstić information content (AvgIpc) is 2.68. The maximum Gasteiger partial charge on any atom is 0.408 e. The molecule has 13 nitrogen and oxygen atoms in total. The molecule has 2 amide bonds. The first-order valence-corrected chi connectivity index (χ1v) is 10.4. The van der Waals surface area contributed by atoms with Crippen molar-refractivity contribution < 1.29 is 38.9 Å². The molecule has 0 bridgehead atoms. The van der Waals surface area contributed by atoms with Crippen LogP contribution in [0.1, 0.15) is 39.2 Å². The summed E-state index contributed by atoms with van der Waals surface area (Å²) in [6.07, 6.45) is -1.88. The van der Waals surface area contributed by atoms with Crippen LogP contribution in [0.2, 0.25) is 0 Å². The van der Waals surface area contributed by atoms with E-state index in [1.807, 2.05) is 0 Å². The van der Waals surface area contributed by atoms with Crippen molar-refractivity contribution in [1.29, 1.82) is 0 Å². The molecule has 8 N–H and O–H groups in total. The molecule has 1 aromatic carbocycles. The molecule has 0 radical (unpaired) electrons. The Kier molecular flexibility index (Phi) is 8.27. The van der Waals surface area contributed by atoms with Crippen molar-refractivity contribution in [1.82, 2.24) is 5.32 Å².